The van der Waals surface area contributed by atoms with Gasteiger partial charge in [0, 0.05) is 19.6 Å². The first-order chi connectivity index (χ1) is 14.3. The second-order valence-electron chi connectivity index (χ2n) is 9.36. The Balaban J connectivity index is 1.45. The SMILES string of the molecule is CC(C)(C)OC(=O)N1CCC[C@H](C(=O)N2CCC[C@@H]2c2ccc3c(c2)OCCO3)C1. The highest BCUT2D eigenvalue weighted by Crippen LogP contribution is 2.39. The van der Waals surface area contributed by atoms with Crippen molar-refractivity contribution in [3.05, 3.63) is 23.8 Å². The van der Waals surface area contributed by atoms with Crippen molar-refractivity contribution in [2.45, 2.75) is 58.1 Å². The molecule has 0 N–H and O–H groups in total. The van der Waals surface area contributed by atoms with Crippen LogP contribution in [0.4, 0.5) is 4.79 Å². The van der Waals surface area contributed by atoms with Gasteiger partial charge in [0.25, 0.3) is 0 Å². The molecule has 7 heteroatoms. The first-order valence-corrected chi connectivity index (χ1v) is 11.0. The van der Waals surface area contributed by atoms with E-state index in [9.17, 15) is 9.59 Å². The van der Waals surface area contributed by atoms with Crippen LogP contribution in [0.1, 0.15) is 58.1 Å². The lowest BCUT2D eigenvalue weighted by molar-refractivity contribution is -0.138. The average Bonchev–Trinajstić information content (AvgIpc) is 3.21. The highest BCUT2D eigenvalue weighted by molar-refractivity contribution is 5.81. The normalized spacial score (nSPS) is 24.0. The second kappa shape index (κ2) is 8.36. The van der Waals surface area contributed by atoms with Gasteiger partial charge in [-0.2, -0.15) is 0 Å². The largest absolute Gasteiger partial charge is 0.486 e. The number of benzene rings is 1. The number of fused-ring (bicyclic) bond motifs is 1. The third-order valence-electron chi connectivity index (χ3n) is 5.91. The van der Waals surface area contributed by atoms with Crippen LogP contribution in [-0.2, 0) is 9.53 Å². The fourth-order valence-electron chi connectivity index (χ4n) is 4.55. The third-order valence-corrected chi connectivity index (χ3v) is 5.91. The zero-order valence-electron chi connectivity index (χ0n) is 18.2. The highest BCUT2D eigenvalue weighted by Gasteiger charge is 2.37. The van der Waals surface area contributed by atoms with Crippen LogP contribution in [0, 0.1) is 5.92 Å². The van der Waals surface area contributed by atoms with Gasteiger partial charge in [-0.05, 0) is 64.2 Å². The van der Waals surface area contributed by atoms with Crippen molar-refractivity contribution in [2.24, 2.45) is 5.92 Å². The van der Waals surface area contributed by atoms with Crippen LogP contribution >= 0.6 is 0 Å². The zero-order chi connectivity index (χ0) is 21.3. The predicted molar refractivity (Wildman–Crippen MR) is 112 cm³/mol. The first-order valence-electron chi connectivity index (χ1n) is 11.0. The van der Waals surface area contributed by atoms with E-state index in [0.717, 1.165) is 49.3 Å². The van der Waals surface area contributed by atoms with Crippen LogP contribution in [0.2, 0.25) is 0 Å². The molecule has 2 atom stereocenters. The van der Waals surface area contributed by atoms with Crippen LogP contribution in [0.15, 0.2) is 18.2 Å². The lowest BCUT2D eigenvalue weighted by Gasteiger charge is -2.36. The highest BCUT2D eigenvalue weighted by atomic mass is 16.6. The molecule has 2 saturated heterocycles. The van der Waals surface area contributed by atoms with E-state index in [2.05, 4.69) is 0 Å². The van der Waals surface area contributed by atoms with E-state index < -0.39 is 5.60 Å². The Labute approximate surface area is 178 Å². The Hall–Kier alpha value is -2.44. The number of nitrogens with zero attached hydrogens (tertiary/aromatic N) is 2. The van der Waals surface area contributed by atoms with Crippen LogP contribution in [0.25, 0.3) is 0 Å². The molecule has 4 rings (SSSR count). The van der Waals surface area contributed by atoms with Gasteiger partial charge in [-0.3, -0.25) is 4.79 Å². The van der Waals surface area contributed by atoms with E-state index in [0.29, 0.717) is 26.3 Å². The van der Waals surface area contributed by atoms with Gasteiger partial charge in [0.2, 0.25) is 5.91 Å². The summed E-state index contributed by atoms with van der Waals surface area (Å²) in [6, 6.07) is 6.04. The third kappa shape index (κ3) is 4.50. The fourth-order valence-corrected chi connectivity index (χ4v) is 4.55. The molecule has 3 aliphatic heterocycles. The van der Waals surface area contributed by atoms with E-state index >= 15 is 0 Å². The summed E-state index contributed by atoms with van der Waals surface area (Å²) in [4.78, 5) is 29.6. The van der Waals surface area contributed by atoms with Gasteiger partial charge in [-0.15, -0.1) is 0 Å². The molecular weight excluding hydrogens is 384 g/mol. The van der Waals surface area contributed by atoms with Gasteiger partial charge in [0.05, 0.1) is 12.0 Å². The average molecular weight is 417 g/mol. The number of carbonyl (C=O) groups is 2. The van der Waals surface area contributed by atoms with Crippen molar-refractivity contribution in [2.75, 3.05) is 32.8 Å². The summed E-state index contributed by atoms with van der Waals surface area (Å²) in [6.07, 6.45) is 3.21. The second-order valence-corrected chi connectivity index (χ2v) is 9.36. The number of piperidine rings is 1. The molecule has 0 aliphatic carbocycles. The summed E-state index contributed by atoms with van der Waals surface area (Å²) < 4.78 is 16.9. The molecule has 0 unspecified atom stereocenters. The molecule has 2 fully saturated rings. The topological polar surface area (TPSA) is 68.3 Å². The minimum absolute atomic E-state index is 0.0465. The maximum absolute atomic E-state index is 13.4. The number of hydrogen-bond acceptors (Lipinski definition) is 5. The van der Waals surface area contributed by atoms with Crippen molar-refractivity contribution in [3.8, 4) is 11.5 Å². The number of likely N-dealkylation sites (tertiary alicyclic amines) is 2. The summed E-state index contributed by atoms with van der Waals surface area (Å²) in [5.41, 5.74) is 0.552. The molecule has 164 valence electrons. The van der Waals surface area contributed by atoms with Crippen LogP contribution in [-0.4, -0.2) is 60.2 Å². The summed E-state index contributed by atoms with van der Waals surface area (Å²) >= 11 is 0. The van der Waals surface area contributed by atoms with Crippen molar-refractivity contribution in [3.63, 3.8) is 0 Å². The number of ether oxygens (including phenoxy) is 3. The number of carbonyl (C=O) groups excluding carboxylic acids is 2. The minimum atomic E-state index is -0.535. The van der Waals surface area contributed by atoms with Crippen LogP contribution < -0.4 is 9.47 Å². The number of rotatable bonds is 2. The molecule has 3 heterocycles. The summed E-state index contributed by atoms with van der Waals surface area (Å²) in [6.45, 7) is 8.52. The summed E-state index contributed by atoms with van der Waals surface area (Å²) in [5.74, 6) is 1.48. The van der Waals surface area contributed by atoms with Gasteiger partial charge in [-0.25, -0.2) is 4.79 Å². The smallest absolute Gasteiger partial charge is 0.410 e. The summed E-state index contributed by atoms with van der Waals surface area (Å²) in [7, 11) is 0. The Kier molecular flexibility index (Phi) is 5.80. The maximum atomic E-state index is 13.4. The van der Waals surface area contributed by atoms with E-state index in [1.54, 1.807) is 4.90 Å². The molecule has 0 radical (unpaired) electrons. The number of hydrogen-bond donors (Lipinski definition) is 0. The number of amides is 2. The van der Waals surface area contributed by atoms with Crippen molar-refractivity contribution in [1.82, 2.24) is 9.80 Å². The lowest BCUT2D eigenvalue weighted by atomic mass is 9.95. The maximum Gasteiger partial charge on any atom is 0.410 e. The molecule has 1 aromatic rings. The van der Waals surface area contributed by atoms with Crippen molar-refractivity contribution in [1.29, 1.82) is 0 Å². The molecule has 0 aromatic heterocycles. The molecule has 0 bridgehead atoms. The quantitative estimate of drug-likeness (QED) is 0.734. The Morgan fingerprint density at radius 2 is 1.77 bits per heavy atom. The Morgan fingerprint density at radius 1 is 1.03 bits per heavy atom. The Bertz CT molecular complexity index is 803. The minimum Gasteiger partial charge on any atom is -0.486 e. The molecule has 0 saturated carbocycles. The zero-order valence-corrected chi connectivity index (χ0v) is 18.2. The lowest BCUT2D eigenvalue weighted by Crippen LogP contribution is -2.47. The van der Waals surface area contributed by atoms with Crippen molar-refractivity contribution < 1.29 is 23.8 Å². The van der Waals surface area contributed by atoms with Crippen LogP contribution in [0.5, 0.6) is 11.5 Å². The Morgan fingerprint density at radius 3 is 2.53 bits per heavy atom. The van der Waals surface area contributed by atoms with Gasteiger partial charge >= 0.3 is 6.09 Å². The molecule has 30 heavy (non-hydrogen) atoms. The molecule has 2 amide bonds. The van der Waals surface area contributed by atoms with E-state index in [1.807, 2.05) is 43.9 Å². The van der Waals surface area contributed by atoms with E-state index in [1.165, 1.54) is 0 Å². The molecule has 1 aromatic carbocycles. The summed E-state index contributed by atoms with van der Waals surface area (Å²) in [5, 5.41) is 0. The fraction of sp³-hybridized carbons (Fsp3) is 0.652. The molecular formula is C23H32N2O5. The van der Waals surface area contributed by atoms with Crippen LogP contribution in [0.3, 0.4) is 0 Å². The van der Waals surface area contributed by atoms with Crippen molar-refractivity contribution >= 4 is 12.0 Å². The monoisotopic (exact) mass is 416 g/mol. The standard InChI is InChI=1S/C23H32N2O5/c1-23(2,3)30-22(27)24-10-4-6-17(15-24)21(26)25-11-5-7-18(25)16-8-9-19-20(14-16)29-13-12-28-19/h8-9,14,17-18H,4-7,10-13,15H2,1-3H3/t17-,18+/m0/s1. The van der Waals surface area contributed by atoms with E-state index in [-0.39, 0.29) is 24.0 Å². The van der Waals surface area contributed by atoms with Gasteiger partial charge in [0.15, 0.2) is 11.5 Å². The molecule has 7 nitrogen and oxygen atoms in total. The van der Waals surface area contributed by atoms with E-state index in [4.69, 9.17) is 14.2 Å². The first kappa shape index (κ1) is 20.8. The van der Waals surface area contributed by atoms with Gasteiger partial charge in [0.1, 0.15) is 18.8 Å². The van der Waals surface area contributed by atoms with Gasteiger partial charge in [-0.1, -0.05) is 6.07 Å². The molecule has 0 spiro atoms. The predicted octanol–water partition coefficient (Wildman–Crippen LogP) is 3.77. The molecule has 3 aliphatic rings. The van der Waals surface area contributed by atoms with Gasteiger partial charge < -0.3 is 24.0 Å².